The molecule has 0 radical (unpaired) electrons. The minimum atomic E-state index is -0.950. The lowest BCUT2D eigenvalue weighted by molar-refractivity contribution is -0.135. The summed E-state index contributed by atoms with van der Waals surface area (Å²) in [6.07, 6.45) is 3.36. The molecule has 1 aromatic rings. The molecule has 1 heterocycles. The van der Waals surface area contributed by atoms with Gasteiger partial charge in [-0.3, -0.25) is 9.59 Å². The lowest BCUT2D eigenvalue weighted by Gasteiger charge is -2.31. The lowest BCUT2D eigenvalue weighted by atomic mass is 9.95. The summed E-state index contributed by atoms with van der Waals surface area (Å²) in [5.74, 6) is -0.741. The van der Waals surface area contributed by atoms with Gasteiger partial charge in [0.2, 0.25) is 11.8 Å². The Bertz CT molecular complexity index is 604. The molecule has 0 saturated carbocycles. The molecule has 1 aliphatic rings. The molecule has 6 heteroatoms. The molecule has 1 saturated heterocycles. The van der Waals surface area contributed by atoms with Crippen LogP contribution >= 0.6 is 0 Å². The molecule has 0 aromatic heterocycles. The Balaban J connectivity index is 1.75. The molecule has 0 bridgehead atoms. The molecule has 0 aliphatic carbocycles. The summed E-state index contributed by atoms with van der Waals surface area (Å²) in [7, 11) is 0. The number of nitrogens with zero attached hydrogens (tertiary/aromatic N) is 1. The van der Waals surface area contributed by atoms with Gasteiger partial charge in [0, 0.05) is 32.0 Å². The molecule has 0 spiro atoms. The van der Waals surface area contributed by atoms with Crippen LogP contribution in [0, 0.1) is 5.92 Å². The highest BCUT2D eigenvalue weighted by Crippen LogP contribution is 2.18. The van der Waals surface area contributed by atoms with Crippen molar-refractivity contribution in [1.82, 2.24) is 10.2 Å². The SMILES string of the molecule is CCCNC(=O)C1CCN(C(=O)CCc2ccc(C(=O)O)cc2)CC1. The maximum absolute atomic E-state index is 12.3. The maximum atomic E-state index is 12.3. The van der Waals surface area contributed by atoms with Crippen molar-refractivity contribution in [2.45, 2.75) is 39.0 Å². The number of rotatable bonds is 7. The summed E-state index contributed by atoms with van der Waals surface area (Å²) in [5.41, 5.74) is 1.20. The predicted molar refractivity (Wildman–Crippen MR) is 94.3 cm³/mol. The van der Waals surface area contributed by atoms with Crippen molar-refractivity contribution in [1.29, 1.82) is 0 Å². The Hall–Kier alpha value is -2.37. The Morgan fingerprint density at radius 2 is 1.80 bits per heavy atom. The van der Waals surface area contributed by atoms with Crippen LogP contribution in [-0.2, 0) is 16.0 Å². The van der Waals surface area contributed by atoms with Crippen LogP contribution in [0.3, 0.4) is 0 Å². The number of carboxylic acids is 1. The van der Waals surface area contributed by atoms with E-state index in [1.807, 2.05) is 11.8 Å². The van der Waals surface area contributed by atoms with Crippen LogP contribution in [0.15, 0.2) is 24.3 Å². The zero-order valence-electron chi connectivity index (χ0n) is 14.7. The number of amides is 2. The van der Waals surface area contributed by atoms with Crippen LogP contribution in [0.5, 0.6) is 0 Å². The standard InChI is InChI=1S/C19H26N2O4/c1-2-11-20-18(23)15-9-12-21(13-10-15)17(22)8-5-14-3-6-16(7-4-14)19(24)25/h3-4,6-7,15H,2,5,8-13H2,1H3,(H,20,23)(H,24,25). The van der Waals surface area contributed by atoms with Crippen LogP contribution in [-0.4, -0.2) is 47.4 Å². The number of likely N-dealkylation sites (tertiary alicyclic amines) is 1. The second kappa shape index (κ2) is 9.20. The van der Waals surface area contributed by atoms with Gasteiger partial charge in [0.05, 0.1) is 5.56 Å². The molecule has 1 aromatic carbocycles. The largest absolute Gasteiger partial charge is 0.478 e. The van der Waals surface area contributed by atoms with Gasteiger partial charge in [-0.1, -0.05) is 19.1 Å². The summed E-state index contributed by atoms with van der Waals surface area (Å²) in [6, 6.07) is 6.62. The van der Waals surface area contributed by atoms with Crippen LogP contribution < -0.4 is 5.32 Å². The highest BCUT2D eigenvalue weighted by molar-refractivity contribution is 5.87. The summed E-state index contributed by atoms with van der Waals surface area (Å²) >= 11 is 0. The molecule has 2 amide bonds. The van der Waals surface area contributed by atoms with E-state index in [1.165, 1.54) is 0 Å². The number of carbonyl (C=O) groups is 3. The molecule has 1 fully saturated rings. The Morgan fingerprint density at radius 3 is 2.36 bits per heavy atom. The van der Waals surface area contributed by atoms with E-state index in [0.717, 1.165) is 12.0 Å². The quantitative estimate of drug-likeness (QED) is 0.791. The number of aryl methyl sites for hydroxylation is 1. The molecule has 25 heavy (non-hydrogen) atoms. The second-order valence-electron chi connectivity index (χ2n) is 6.45. The average Bonchev–Trinajstić information content (AvgIpc) is 2.64. The van der Waals surface area contributed by atoms with E-state index in [0.29, 0.717) is 45.3 Å². The van der Waals surface area contributed by atoms with Crippen LogP contribution in [0.4, 0.5) is 0 Å². The van der Waals surface area contributed by atoms with Gasteiger partial charge in [0.25, 0.3) is 0 Å². The first kappa shape index (κ1) is 19.0. The van der Waals surface area contributed by atoms with Gasteiger partial charge in [0.15, 0.2) is 0 Å². The Kier molecular flexibility index (Phi) is 6.98. The molecule has 2 rings (SSSR count). The van der Waals surface area contributed by atoms with Crippen molar-refractivity contribution in [3.63, 3.8) is 0 Å². The van der Waals surface area contributed by atoms with E-state index < -0.39 is 5.97 Å². The summed E-state index contributed by atoms with van der Waals surface area (Å²) in [6.45, 7) is 3.98. The first-order chi connectivity index (χ1) is 12.0. The van der Waals surface area contributed by atoms with E-state index >= 15 is 0 Å². The number of piperidine rings is 1. The monoisotopic (exact) mass is 346 g/mol. The lowest BCUT2D eigenvalue weighted by Crippen LogP contribution is -2.43. The first-order valence-corrected chi connectivity index (χ1v) is 8.89. The minimum Gasteiger partial charge on any atom is -0.478 e. The molecular weight excluding hydrogens is 320 g/mol. The van der Waals surface area contributed by atoms with Crippen molar-refractivity contribution in [3.05, 3.63) is 35.4 Å². The number of aromatic carboxylic acids is 1. The number of hydrogen-bond donors (Lipinski definition) is 2. The van der Waals surface area contributed by atoms with Crippen molar-refractivity contribution < 1.29 is 19.5 Å². The molecule has 1 aliphatic heterocycles. The third-order valence-corrected chi connectivity index (χ3v) is 4.60. The van der Waals surface area contributed by atoms with Gasteiger partial charge >= 0.3 is 5.97 Å². The smallest absolute Gasteiger partial charge is 0.335 e. The molecule has 0 atom stereocenters. The third-order valence-electron chi connectivity index (χ3n) is 4.60. The molecule has 2 N–H and O–H groups in total. The topological polar surface area (TPSA) is 86.7 Å². The van der Waals surface area contributed by atoms with Gasteiger partial charge in [-0.2, -0.15) is 0 Å². The number of benzene rings is 1. The highest BCUT2D eigenvalue weighted by atomic mass is 16.4. The van der Waals surface area contributed by atoms with Crippen LogP contribution in [0.2, 0.25) is 0 Å². The number of hydrogen-bond acceptors (Lipinski definition) is 3. The zero-order chi connectivity index (χ0) is 18.2. The highest BCUT2D eigenvalue weighted by Gasteiger charge is 2.26. The Morgan fingerprint density at radius 1 is 1.16 bits per heavy atom. The minimum absolute atomic E-state index is 0.0131. The number of nitrogens with one attached hydrogen (secondary N) is 1. The predicted octanol–water partition coefficient (Wildman–Crippen LogP) is 2.08. The van der Waals surface area contributed by atoms with E-state index in [1.54, 1.807) is 24.3 Å². The fourth-order valence-electron chi connectivity index (χ4n) is 3.01. The van der Waals surface area contributed by atoms with Crippen molar-refractivity contribution in [3.8, 4) is 0 Å². The zero-order valence-corrected chi connectivity index (χ0v) is 14.7. The van der Waals surface area contributed by atoms with Crippen LogP contribution in [0.25, 0.3) is 0 Å². The normalized spacial score (nSPS) is 15.0. The van der Waals surface area contributed by atoms with Gasteiger partial charge in [0.1, 0.15) is 0 Å². The van der Waals surface area contributed by atoms with Crippen molar-refractivity contribution >= 4 is 17.8 Å². The maximum Gasteiger partial charge on any atom is 0.335 e. The Labute approximate surface area is 148 Å². The van der Waals surface area contributed by atoms with Crippen molar-refractivity contribution in [2.75, 3.05) is 19.6 Å². The third kappa shape index (κ3) is 5.59. The van der Waals surface area contributed by atoms with E-state index in [4.69, 9.17) is 5.11 Å². The average molecular weight is 346 g/mol. The van der Waals surface area contributed by atoms with Gasteiger partial charge < -0.3 is 15.3 Å². The van der Waals surface area contributed by atoms with Gasteiger partial charge in [-0.15, -0.1) is 0 Å². The fourth-order valence-corrected chi connectivity index (χ4v) is 3.01. The number of carbonyl (C=O) groups excluding carboxylic acids is 2. The summed E-state index contributed by atoms with van der Waals surface area (Å²) in [4.78, 5) is 36.9. The van der Waals surface area contributed by atoms with Gasteiger partial charge in [-0.25, -0.2) is 4.79 Å². The molecule has 136 valence electrons. The molecular formula is C19H26N2O4. The molecule has 6 nitrogen and oxygen atoms in total. The molecule has 0 unspecified atom stereocenters. The summed E-state index contributed by atoms with van der Waals surface area (Å²) < 4.78 is 0. The van der Waals surface area contributed by atoms with E-state index in [2.05, 4.69) is 5.32 Å². The van der Waals surface area contributed by atoms with Crippen LogP contribution in [0.1, 0.15) is 48.5 Å². The second-order valence-corrected chi connectivity index (χ2v) is 6.45. The number of carboxylic acid groups (broad SMARTS) is 1. The summed E-state index contributed by atoms with van der Waals surface area (Å²) in [5, 5.41) is 11.8. The van der Waals surface area contributed by atoms with E-state index in [-0.39, 0.29) is 23.3 Å². The fraction of sp³-hybridized carbons (Fsp3) is 0.526. The van der Waals surface area contributed by atoms with Gasteiger partial charge in [-0.05, 0) is 43.4 Å². The first-order valence-electron chi connectivity index (χ1n) is 8.89. The van der Waals surface area contributed by atoms with E-state index in [9.17, 15) is 14.4 Å². The van der Waals surface area contributed by atoms with Crippen molar-refractivity contribution in [2.24, 2.45) is 5.92 Å².